The van der Waals surface area contributed by atoms with E-state index >= 15 is 0 Å². The van der Waals surface area contributed by atoms with Crippen LogP contribution in [0, 0.1) is 13.8 Å². The van der Waals surface area contributed by atoms with E-state index in [9.17, 15) is 4.79 Å². The van der Waals surface area contributed by atoms with Gasteiger partial charge in [0, 0.05) is 18.5 Å². The minimum atomic E-state index is -0.191. The minimum absolute atomic E-state index is 0.0264. The van der Waals surface area contributed by atoms with Crippen LogP contribution in [0.4, 0.5) is 0 Å². The van der Waals surface area contributed by atoms with Crippen molar-refractivity contribution in [3.63, 3.8) is 0 Å². The van der Waals surface area contributed by atoms with Gasteiger partial charge < -0.3 is 14.5 Å². The van der Waals surface area contributed by atoms with Crippen molar-refractivity contribution in [1.82, 2.24) is 15.5 Å². The van der Waals surface area contributed by atoms with E-state index in [1.54, 1.807) is 0 Å². The molecule has 0 atom stereocenters. The smallest absolute Gasteiger partial charge is 0.257 e. The van der Waals surface area contributed by atoms with Gasteiger partial charge in [-0.3, -0.25) is 4.79 Å². The van der Waals surface area contributed by atoms with Crippen molar-refractivity contribution in [1.29, 1.82) is 0 Å². The SMILES string of the molecule is Cc1ccc(OCC(=O)NCCc2nnc(-c3cccc(C)c3)o2)cc1. The van der Waals surface area contributed by atoms with Crippen LogP contribution in [0.1, 0.15) is 17.0 Å². The lowest BCUT2D eigenvalue weighted by Gasteiger charge is -2.06. The highest BCUT2D eigenvalue weighted by Crippen LogP contribution is 2.18. The maximum atomic E-state index is 11.8. The molecule has 3 rings (SSSR count). The van der Waals surface area contributed by atoms with Crippen molar-refractivity contribution in [3.8, 4) is 17.2 Å². The number of aromatic nitrogens is 2. The first-order valence-corrected chi connectivity index (χ1v) is 8.46. The molecule has 1 aromatic heterocycles. The van der Waals surface area contributed by atoms with Crippen molar-refractivity contribution < 1.29 is 13.9 Å². The molecule has 0 bridgehead atoms. The van der Waals surface area contributed by atoms with E-state index < -0.39 is 0 Å². The summed E-state index contributed by atoms with van der Waals surface area (Å²) in [6.45, 7) is 4.39. The predicted octanol–water partition coefficient (Wildman–Crippen LogP) is 3.09. The number of rotatable bonds is 7. The maximum absolute atomic E-state index is 11.8. The van der Waals surface area contributed by atoms with Crippen molar-refractivity contribution in [2.45, 2.75) is 20.3 Å². The Morgan fingerprint density at radius 3 is 2.65 bits per heavy atom. The second-order valence-corrected chi connectivity index (χ2v) is 6.07. The largest absolute Gasteiger partial charge is 0.484 e. The van der Waals surface area contributed by atoms with Crippen molar-refractivity contribution >= 4 is 5.91 Å². The number of aryl methyl sites for hydroxylation is 2. The Kier molecular flexibility index (Phi) is 5.63. The Morgan fingerprint density at radius 1 is 1.08 bits per heavy atom. The summed E-state index contributed by atoms with van der Waals surface area (Å²) in [5.41, 5.74) is 3.16. The van der Waals surface area contributed by atoms with Gasteiger partial charge in [-0.2, -0.15) is 0 Å². The van der Waals surface area contributed by atoms with Gasteiger partial charge in [0.05, 0.1) is 0 Å². The number of nitrogens with zero attached hydrogens (tertiary/aromatic N) is 2. The molecular formula is C20H21N3O3. The molecular weight excluding hydrogens is 330 g/mol. The third-order valence-corrected chi connectivity index (χ3v) is 3.78. The fourth-order valence-corrected chi connectivity index (χ4v) is 2.39. The van der Waals surface area contributed by atoms with Gasteiger partial charge in [0.15, 0.2) is 6.61 Å². The molecule has 6 nitrogen and oxygen atoms in total. The van der Waals surface area contributed by atoms with Crippen LogP contribution >= 0.6 is 0 Å². The Hall–Kier alpha value is -3.15. The summed E-state index contributed by atoms with van der Waals surface area (Å²) < 4.78 is 11.1. The quantitative estimate of drug-likeness (QED) is 0.708. The predicted molar refractivity (Wildman–Crippen MR) is 97.9 cm³/mol. The molecule has 0 fully saturated rings. The normalized spacial score (nSPS) is 10.5. The topological polar surface area (TPSA) is 77.2 Å². The molecule has 0 unspecified atom stereocenters. The Bertz CT molecular complexity index is 872. The number of benzene rings is 2. The molecule has 134 valence electrons. The van der Waals surface area contributed by atoms with E-state index in [0.717, 1.165) is 16.7 Å². The standard InChI is InChI=1S/C20H21N3O3/c1-14-6-8-17(9-7-14)25-13-18(24)21-11-10-19-22-23-20(26-19)16-5-3-4-15(2)12-16/h3-9,12H,10-11,13H2,1-2H3,(H,21,24). The van der Waals surface area contributed by atoms with Crippen LogP contribution in [0.15, 0.2) is 52.9 Å². The van der Waals surface area contributed by atoms with E-state index in [4.69, 9.17) is 9.15 Å². The summed E-state index contributed by atoms with van der Waals surface area (Å²) in [5.74, 6) is 1.45. The Morgan fingerprint density at radius 2 is 1.88 bits per heavy atom. The van der Waals surface area contributed by atoms with Crippen molar-refractivity contribution in [2.24, 2.45) is 0 Å². The monoisotopic (exact) mass is 351 g/mol. The molecule has 26 heavy (non-hydrogen) atoms. The lowest BCUT2D eigenvalue weighted by molar-refractivity contribution is -0.123. The van der Waals surface area contributed by atoms with Crippen LogP contribution < -0.4 is 10.1 Å². The second kappa shape index (κ2) is 8.29. The molecule has 6 heteroatoms. The van der Waals surface area contributed by atoms with Gasteiger partial charge in [-0.05, 0) is 38.1 Å². The molecule has 0 aliphatic heterocycles. The van der Waals surface area contributed by atoms with Crippen LogP contribution in [-0.2, 0) is 11.2 Å². The minimum Gasteiger partial charge on any atom is -0.484 e. The molecule has 1 N–H and O–H groups in total. The zero-order chi connectivity index (χ0) is 18.4. The lowest BCUT2D eigenvalue weighted by Crippen LogP contribution is -2.30. The molecule has 0 aliphatic rings. The van der Waals surface area contributed by atoms with E-state index in [2.05, 4.69) is 15.5 Å². The molecule has 0 saturated heterocycles. The fourth-order valence-electron chi connectivity index (χ4n) is 2.39. The average Bonchev–Trinajstić information content (AvgIpc) is 3.10. The number of carbonyl (C=O) groups is 1. The van der Waals surface area contributed by atoms with E-state index in [-0.39, 0.29) is 12.5 Å². The van der Waals surface area contributed by atoms with Gasteiger partial charge >= 0.3 is 0 Å². The molecule has 0 radical (unpaired) electrons. The zero-order valence-corrected chi connectivity index (χ0v) is 14.9. The highest BCUT2D eigenvalue weighted by Gasteiger charge is 2.09. The molecule has 1 heterocycles. The number of nitrogens with one attached hydrogen (secondary N) is 1. The van der Waals surface area contributed by atoms with Gasteiger partial charge in [-0.1, -0.05) is 35.4 Å². The van der Waals surface area contributed by atoms with Crippen LogP contribution in [0.5, 0.6) is 5.75 Å². The number of ether oxygens (including phenoxy) is 1. The van der Waals surface area contributed by atoms with Crippen molar-refractivity contribution in [3.05, 3.63) is 65.5 Å². The van der Waals surface area contributed by atoms with Gasteiger partial charge in [-0.15, -0.1) is 10.2 Å². The maximum Gasteiger partial charge on any atom is 0.257 e. The summed E-state index contributed by atoms with van der Waals surface area (Å²) in [7, 11) is 0. The molecule has 0 spiro atoms. The summed E-state index contributed by atoms with van der Waals surface area (Å²) in [6, 6.07) is 15.4. The van der Waals surface area contributed by atoms with Crippen LogP contribution in [0.25, 0.3) is 11.5 Å². The number of hydrogen-bond acceptors (Lipinski definition) is 5. The summed E-state index contributed by atoms with van der Waals surface area (Å²) in [6.07, 6.45) is 0.467. The molecule has 1 amide bonds. The summed E-state index contributed by atoms with van der Waals surface area (Å²) in [5, 5.41) is 10.9. The first-order chi connectivity index (χ1) is 12.6. The molecule has 0 saturated carbocycles. The fraction of sp³-hybridized carbons (Fsp3) is 0.250. The first-order valence-electron chi connectivity index (χ1n) is 8.46. The highest BCUT2D eigenvalue weighted by atomic mass is 16.5. The third-order valence-electron chi connectivity index (χ3n) is 3.78. The number of hydrogen-bond donors (Lipinski definition) is 1. The zero-order valence-electron chi connectivity index (χ0n) is 14.9. The average molecular weight is 351 g/mol. The number of amides is 1. The van der Waals surface area contributed by atoms with Crippen LogP contribution in [0.2, 0.25) is 0 Å². The molecule has 3 aromatic rings. The second-order valence-electron chi connectivity index (χ2n) is 6.07. The van der Waals surface area contributed by atoms with Crippen molar-refractivity contribution in [2.75, 3.05) is 13.2 Å². The molecule has 2 aromatic carbocycles. The highest BCUT2D eigenvalue weighted by molar-refractivity contribution is 5.77. The van der Waals surface area contributed by atoms with Gasteiger partial charge in [-0.25, -0.2) is 0 Å². The summed E-state index contributed by atoms with van der Waals surface area (Å²) in [4.78, 5) is 11.8. The Balaban J connectivity index is 1.43. The Labute approximate surface area is 152 Å². The van der Waals surface area contributed by atoms with Crippen LogP contribution in [0.3, 0.4) is 0 Å². The van der Waals surface area contributed by atoms with Gasteiger partial charge in [0.1, 0.15) is 5.75 Å². The number of carbonyl (C=O) groups excluding carboxylic acids is 1. The third kappa shape index (κ3) is 4.92. The van der Waals surface area contributed by atoms with Crippen LogP contribution in [-0.4, -0.2) is 29.3 Å². The van der Waals surface area contributed by atoms with E-state index in [1.165, 1.54) is 0 Å². The van der Waals surface area contributed by atoms with E-state index in [1.807, 2.05) is 62.4 Å². The first kappa shape index (κ1) is 17.7. The molecule has 0 aliphatic carbocycles. The van der Waals surface area contributed by atoms with E-state index in [0.29, 0.717) is 30.5 Å². The van der Waals surface area contributed by atoms with Gasteiger partial charge in [0.25, 0.3) is 5.91 Å². The summed E-state index contributed by atoms with van der Waals surface area (Å²) >= 11 is 0. The lowest BCUT2D eigenvalue weighted by atomic mass is 10.1. The van der Waals surface area contributed by atoms with Gasteiger partial charge in [0.2, 0.25) is 11.8 Å².